The van der Waals surface area contributed by atoms with Crippen LogP contribution in [-0.2, 0) is 4.74 Å². The molecule has 0 N–H and O–H groups in total. The number of benzene rings is 3. The van der Waals surface area contributed by atoms with Gasteiger partial charge in [0.1, 0.15) is 18.1 Å². The minimum absolute atomic E-state index is 0.0616. The molecule has 4 nitrogen and oxygen atoms in total. The van der Waals surface area contributed by atoms with Crippen molar-refractivity contribution in [2.45, 2.75) is 5.92 Å². The minimum atomic E-state index is -0.397. The fourth-order valence-electron chi connectivity index (χ4n) is 3.30. The molecule has 3 aromatic rings. The molecule has 1 aliphatic rings. The third kappa shape index (κ3) is 2.75. The van der Waals surface area contributed by atoms with E-state index in [-0.39, 0.29) is 12.6 Å². The van der Waals surface area contributed by atoms with E-state index in [1.165, 1.54) is 0 Å². The Morgan fingerprint density at radius 1 is 1.04 bits per heavy atom. The molecule has 1 atom stereocenters. The number of ketones is 1. The summed E-state index contributed by atoms with van der Waals surface area (Å²) in [6.45, 7) is 0.440. The van der Waals surface area contributed by atoms with Crippen LogP contribution in [0.1, 0.15) is 21.8 Å². The largest absolute Gasteiger partial charge is 0.492 e. The highest BCUT2D eigenvalue weighted by Gasteiger charge is 2.33. The Labute approximate surface area is 145 Å². The van der Waals surface area contributed by atoms with E-state index in [0.717, 1.165) is 16.3 Å². The number of carbonyl (C=O) groups is 1. The monoisotopic (exact) mass is 334 g/mol. The molecule has 0 spiro atoms. The normalized spacial score (nSPS) is 16.4. The molecular weight excluding hydrogens is 316 g/mol. The van der Waals surface area contributed by atoms with E-state index in [9.17, 15) is 4.79 Å². The predicted molar refractivity (Wildman–Crippen MR) is 95.5 cm³/mol. The number of hydrogen-bond acceptors (Lipinski definition) is 4. The maximum Gasteiger partial charge on any atom is 0.188 e. The van der Waals surface area contributed by atoms with Crippen molar-refractivity contribution in [3.8, 4) is 11.5 Å². The van der Waals surface area contributed by atoms with Gasteiger partial charge in [0.15, 0.2) is 12.6 Å². The first-order valence-corrected chi connectivity index (χ1v) is 8.19. The number of methoxy groups -OCH3 is 1. The van der Waals surface area contributed by atoms with Crippen molar-refractivity contribution in [3.63, 3.8) is 0 Å². The standard InChI is InChI=1S/C21H18O4/c1-23-13-25-18-9-5-4-8-16(18)17-12-24-19-11-10-14-6-2-3-7-15(14)20(19)21(17)22/h2-11,17H,12-13H2,1H3. The zero-order chi connectivity index (χ0) is 17.2. The molecule has 0 fully saturated rings. The van der Waals surface area contributed by atoms with Crippen molar-refractivity contribution in [3.05, 3.63) is 71.8 Å². The van der Waals surface area contributed by atoms with E-state index in [1.807, 2.05) is 60.7 Å². The first kappa shape index (κ1) is 15.7. The number of ether oxygens (including phenoxy) is 3. The predicted octanol–water partition coefficient (Wildman–Crippen LogP) is 4.18. The highest BCUT2D eigenvalue weighted by Crippen LogP contribution is 2.39. The molecule has 1 heterocycles. The Bertz CT molecular complexity index is 932. The Kier molecular flexibility index (Phi) is 4.12. The number of rotatable bonds is 4. The van der Waals surface area contributed by atoms with Gasteiger partial charge in [-0.3, -0.25) is 4.79 Å². The van der Waals surface area contributed by atoms with Crippen LogP contribution in [0.4, 0.5) is 0 Å². The van der Waals surface area contributed by atoms with E-state index in [1.54, 1.807) is 7.11 Å². The van der Waals surface area contributed by atoms with Gasteiger partial charge < -0.3 is 14.2 Å². The maximum atomic E-state index is 13.3. The summed E-state index contributed by atoms with van der Waals surface area (Å²) in [4.78, 5) is 13.3. The van der Waals surface area contributed by atoms with Gasteiger partial charge in [-0.15, -0.1) is 0 Å². The lowest BCUT2D eigenvalue weighted by Gasteiger charge is -2.26. The molecule has 0 aliphatic carbocycles. The number of hydrogen-bond donors (Lipinski definition) is 0. The molecule has 1 aliphatic heterocycles. The van der Waals surface area contributed by atoms with Gasteiger partial charge in [0.2, 0.25) is 0 Å². The van der Waals surface area contributed by atoms with Gasteiger partial charge in [-0.25, -0.2) is 0 Å². The number of fused-ring (bicyclic) bond motifs is 3. The van der Waals surface area contributed by atoms with Crippen molar-refractivity contribution in [2.24, 2.45) is 0 Å². The summed E-state index contributed by atoms with van der Waals surface area (Å²) in [5.41, 5.74) is 1.47. The summed E-state index contributed by atoms with van der Waals surface area (Å²) in [6.07, 6.45) is 0. The van der Waals surface area contributed by atoms with Gasteiger partial charge in [0.05, 0.1) is 11.5 Å². The van der Waals surface area contributed by atoms with Crippen LogP contribution in [0.2, 0.25) is 0 Å². The van der Waals surface area contributed by atoms with Gasteiger partial charge in [0.25, 0.3) is 0 Å². The molecule has 4 heteroatoms. The van der Waals surface area contributed by atoms with E-state index in [4.69, 9.17) is 14.2 Å². The van der Waals surface area contributed by atoms with Crippen molar-refractivity contribution in [1.82, 2.24) is 0 Å². The number of Topliss-reactive ketones (excluding diaryl/α,β-unsaturated/α-hetero) is 1. The summed E-state index contributed by atoms with van der Waals surface area (Å²) in [7, 11) is 1.57. The third-order valence-corrected chi connectivity index (χ3v) is 4.49. The molecule has 0 radical (unpaired) electrons. The average Bonchev–Trinajstić information content (AvgIpc) is 2.66. The average molecular weight is 334 g/mol. The molecule has 4 rings (SSSR count). The van der Waals surface area contributed by atoms with E-state index >= 15 is 0 Å². The second kappa shape index (κ2) is 6.57. The SMILES string of the molecule is COCOc1ccccc1C1COc2ccc3ccccc3c2C1=O. The van der Waals surface area contributed by atoms with E-state index < -0.39 is 5.92 Å². The van der Waals surface area contributed by atoms with Gasteiger partial charge in [-0.05, 0) is 22.9 Å². The Morgan fingerprint density at radius 3 is 2.72 bits per heavy atom. The van der Waals surface area contributed by atoms with Crippen LogP contribution in [0.5, 0.6) is 11.5 Å². The molecule has 0 amide bonds. The lowest BCUT2D eigenvalue weighted by Crippen LogP contribution is -2.26. The Morgan fingerprint density at radius 2 is 1.84 bits per heavy atom. The fourth-order valence-corrected chi connectivity index (χ4v) is 3.30. The second-order valence-corrected chi connectivity index (χ2v) is 5.98. The lowest BCUT2D eigenvalue weighted by molar-refractivity contribution is 0.0495. The molecule has 25 heavy (non-hydrogen) atoms. The van der Waals surface area contributed by atoms with E-state index in [2.05, 4.69) is 0 Å². The first-order chi connectivity index (χ1) is 12.3. The summed E-state index contributed by atoms with van der Waals surface area (Å²) < 4.78 is 16.5. The van der Waals surface area contributed by atoms with Crippen LogP contribution in [0.15, 0.2) is 60.7 Å². The first-order valence-electron chi connectivity index (χ1n) is 8.19. The minimum Gasteiger partial charge on any atom is -0.492 e. The molecule has 0 saturated carbocycles. The molecular formula is C21H18O4. The third-order valence-electron chi connectivity index (χ3n) is 4.49. The molecule has 0 bridgehead atoms. The lowest BCUT2D eigenvalue weighted by atomic mass is 9.86. The van der Waals surface area contributed by atoms with Crippen LogP contribution >= 0.6 is 0 Å². The van der Waals surface area contributed by atoms with Crippen molar-refractivity contribution < 1.29 is 19.0 Å². The Balaban J connectivity index is 1.79. The van der Waals surface area contributed by atoms with Gasteiger partial charge in [-0.1, -0.05) is 48.5 Å². The molecule has 1 unspecified atom stereocenters. The van der Waals surface area contributed by atoms with Crippen LogP contribution in [0.25, 0.3) is 10.8 Å². The van der Waals surface area contributed by atoms with E-state index in [0.29, 0.717) is 23.7 Å². The highest BCUT2D eigenvalue weighted by molar-refractivity contribution is 6.14. The maximum absolute atomic E-state index is 13.3. The van der Waals surface area contributed by atoms with Gasteiger partial charge in [0, 0.05) is 12.7 Å². The van der Waals surface area contributed by atoms with Crippen LogP contribution in [0, 0.1) is 0 Å². The van der Waals surface area contributed by atoms with Gasteiger partial charge >= 0.3 is 0 Å². The molecule has 3 aromatic carbocycles. The summed E-state index contributed by atoms with van der Waals surface area (Å²) in [5.74, 6) is 0.961. The second-order valence-electron chi connectivity index (χ2n) is 5.98. The summed E-state index contributed by atoms with van der Waals surface area (Å²) in [5, 5.41) is 1.95. The number of carbonyl (C=O) groups excluding carboxylic acids is 1. The molecule has 126 valence electrons. The molecule has 0 aromatic heterocycles. The quantitative estimate of drug-likeness (QED) is 0.671. The van der Waals surface area contributed by atoms with Gasteiger partial charge in [-0.2, -0.15) is 0 Å². The van der Waals surface area contributed by atoms with Crippen molar-refractivity contribution in [1.29, 1.82) is 0 Å². The smallest absolute Gasteiger partial charge is 0.188 e. The van der Waals surface area contributed by atoms with Crippen molar-refractivity contribution >= 4 is 16.6 Å². The topological polar surface area (TPSA) is 44.8 Å². The highest BCUT2D eigenvalue weighted by atomic mass is 16.7. The van der Waals surface area contributed by atoms with Crippen LogP contribution < -0.4 is 9.47 Å². The van der Waals surface area contributed by atoms with Crippen LogP contribution in [0.3, 0.4) is 0 Å². The summed E-state index contributed by atoms with van der Waals surface area (Å²) in [6, 6.07) is 19.3. The van der Waals surface area contributed by atoms with Crippen LogP contribution in [-0.4, -0.2) is 26.3 Å². The molecule has 0 saturated heterocycles. The number of para-hydroxylation sites is 1. The van der Waals surface area contributed by atoms with Crippen molar-refractivity contribution in [2.75, 3.05) is 20.5 Å². The summed E-state index contributed by atoms with van der Waals surface area (Å²) >= 11 is 0. The fraction of sp³-hybridized carbons (Fsp3) is 0.190. The Hall–Kier alpha value is -2.85. The zero-order valence-corrected chi connectivity index (χ0v) is 13.9. The zero-order valence-electron chi connectivity index (χ0n) is 13.9.